The Labute approximate surface area is 132 Å². The first-order valence-corrected chi connectivity index (χ1v) is 9.17. The van der Waals surface area contributed by atoms with Crippen LogP contribution in [0.25, 0.3) is 0 Å². The van der Waals surface area contributed by atoms with Gasteiger partial charge < -0.3 is 4.90 Å². The summed E-state index contributed by atoms with van der Waals surface area (Å²) in [4.78, 5) is 2.48. The zero-order valence-corrected chi connectivity index (χ0v) is 14.7. The number of hydrogen-bond acceptors (Lipinski definition) is 3. The molecule has 2 aliphatic carbocycles. The Morgan fingerprint density at radius 1 is 1.10 bits per heavy atom. The second kappa shape index (κ2) is 7.43. The predicted octanol–water partition coefficient (Wildman–Crippen LogP) is 3.55. The molecular weight excluding hydrogens is 258 g/mol. The molecule has 124 valence electrons. The minimum Gasteiger partial charge on any atom is -0.302 e. The van der Waals surface area contributed by atoms with Gasteiger partial charge in [-0.2, -0.15) is 0 Å². The third kappa shape index (κ3) is 3.62. The van der Waals surface area contributed by atoms with Crippen molar-refractivity contribution in [2.24, 2.45) is 23.6 Å². The van der Waals surface area contributed by atoms with Gasteiger partial charge in [-0.05, 0) is 70.4 Å². The number of rotatable bonds is 5. The van der Waals surface area contributed by atoms with Crippen LogP contribution in [0.2, 0.25) is 0 Å². The monoisotopic (exact) mass is 295 g/mol. The Morgan fingerprint density at radius 2 is 1.67 bits per heavy atom. The van der Waals surface area contributed by atoms with Crippen LogP contribution in [-0.2, 0) is 0 Å². The Bertz CT molecular complexity index is 300. The summed E-state index contributed by atoms with van der Waals surface area (Å²) in [6, 6.07) is 0.456. The van der Waals surface area contributed by atoms with Gasteiger partial charge in [0.05, 0.1) is 0 Å². The van der Waals surface area contributed by atoms with E-state index in [1.54, 1.807) is 0 Å². The molecular formula is C18H37N3. The highest BCUT2D eigenvalue weighted by atomic mass is 15.3. The van der Waals surface area contributed by atoms with Crippen molar-refractivity contribution in [2.45, 2.75) is 83.2 Å². The molecule has 2 fully saturated rings. The molecule has 0 saturated heterocycles. The number of nitrogens with two attached hydrogens (primary N) is 1. The summed E-state index contributed by atoms with van der Waals surface area (Å²) in [5.41, 5.74) is 3.54. The van der Waals surface area contributed by atoms with Gasteiger partial charge in [0.15, 0.2) is 0 Å². The SMILES string of the molecule is CCC1CCC(C(NN)C2(N(C)C)CCC(C)CC2)CC1. The van der Waals surface area contributed by atoms with Crippen molar-refractivity contribution in [3.8, 4) is 0 Å². The molecule has 3 nitrogen and oxygen atoms in total. The van der Waals surface area contributed by atoms with Gasteiger partial charge in [0.25, 0.3) is 0 Å². The Kier molecular flexibility index (Phi) is 6.10. The molecule has 2 rings (SSSR count). The molecule has 0 spiro atoms. The third-order valence-electron chi connectivity index (χ3n) is 6.73. The number of nitrogens with zero attached hydrogens (tertiary/aromatic N) is 1. The highest BCUT2D eigenvalue weighted by molar-refractivity contribution is 5.03. The lowest BCUT2D eigenvalue weighted by molar-refractivity contribution is 0.00995. The highest BCUT2D eigenvalue weighted by Gasteiger charge is 2.46. The van der Waals surface area contributed by atoms with E-state index < -0.39 is 0 Å². The molecule has 1 atom stereocenters. The van der Waals surface area contributed by atoms with Crippen LogP contribution in [0, 0.1) is 17.8 Å². The molecule has 0 radical (unpaired) electrons. The van der Waals surface area contributed by atoms with Crippen molar-refractivity contribution >= 4 is 0 Å². The van der Waals surface area contributed by atoms with Crippen LogP contribution in [0.3, 0.4) is 0 Å². The maximum Gasteiger partial charge on any atom is 0.0422 e. The Morgan fingerprint density at radius 3 is 2.10 bits per heavy atom. The van der Waals surface area contributed by atoms with Gasteiger partial charge in [-0.25, -0.2) is 0 Å². The van der Waals surface area contributed by atoms with E-state index >= 15 is 0 Å². The molecule has 2 saturated carbocycles. The summed E-state index contributed by atoms with van der Waals surface area (Å²) in [6.07, 6.45) is 12.2. The van der Waals surface area contributed by atoms with E-state index in [4.69, 9.17) is 5.84 Å². The maximum absolute atomic E-state index is 6.08. The summed E-state index contributed by atoms with van der Waals surface area (Å²) in [5.74, 6) is 8.68. The van der Waals surface area contributed by atoms with E-state index in [1.807, 2.05) is 0 Å². The highest BCUT2D eigenvalue weighted by Crippen LogP contribution is 2.43. The number of nitrogens with one attached hydrogen (secondary N) is 1. The van der Waals surface area contributed by atoms with Gasteiger partial charge in [0.1, 0.15) is 0 Å². The second-order valence-electron chi connectivity index (χ2n) is 8.01. The predicted molar refractivity (Wildman–Crippen MR) is 90.9 cm³/mol. The quantitative estimate of drug-likeness (QED) is 0.602. The van der Waals surface area contributed by atoms with Gasteiger partial charge in [-0.15, -0.1) is 0 Å². The van der Waals surface area contributed by atoms with Crippen molar-refractivity contribution in [3.63, 3.8) is 0 Å². The summed E-state index contributed by atoms with van der Waals surface area (Å²) in [5, 5.41) is 0. The lowest BCUT2D eigenvalue weighted by atomic mass is 9.65. The molecule has 0 aromatic rings. The summed E-state index contributed by atoms with van der Waals surface area (Å²) >= 11 is 0. The van der Waals surface area contributed by atoms with Crippen LogP contribution in [0.1, 0.15) is 71.6 Å². The maximum atomic E-state index is 6.08. The van der Waals surface area contributed by atoms with Crippen LogP contribution in [0.4, 0.5) is 0 Å². The molecule has 3 heteroatoms. The smallest absolute Gasteiger partial charge is 0.0422 e. The molecule has 0 heterocycles. The van der Waals surface area contributed by atoms with Crippen LogP contribution in [-0.4, -0.2) is 30.6 Å². The van der Waals surface area contributed by atoms with E-state index in [1.165, 1.54) is 57.8 Å². The fourth-order valence-corrected chi connectivity index (χ4v) is 4.96. The summed E-state index contributed by atoms with van der Waals surface area (Å²) in [6.45, 7) is 4.74. The molecule has 0 bridgehead atoms. The number of hydrogen-bond donors (Lipinski definition) is 2. The van der Waals surface area contributed by atoms with E-state index in [0.717, 1.165) is 17.8 Å². The number of likely N-dealkylation sites (N-methyl/N-ethyl adjacent to an activating group) is 1. The molecule has 1 unspecified atom stereocenters. The molecule has 0 amide bonds. The second-order valence-corrected chi connectivity index (χ2v) is 8.01. The van der Waals surface area contributed by atoms with Gasteiger partial charge >= 0.3 is 0 Å². The summed E-state index contributed by atoms with van der Waals surface area (Å²) < 4.78 is 0. The van der Waals surface area contributed by atoms with E-state index in [2.05, 4.69) is 38.3 Å². The molecule has 0 aromatic heterocycles. The lowest BCUT2D eigenvalue weighted by Gasteiger charge is -2.52. The number of hydrazine groups is 1. The zero-order valence-electron chi connectivity index (χ0n) is 14.7. The van der Waals surface area contributed by atoms with Gasteiger partial charge in [0.2, 0.25) is 0 Å². The normalized spacial score (nSPS) is 39.4. The first kappa shape index (κ1) is 17.2. The summed E-state index contributed by atoms with van der Waals surface area (Å²) in [7, 11) is 4.52. The Hall–Kier alpha value is -0.120. The van der Waals surface area contributed by atoms with E-state index in [-0.39, 0.29) is 5.54 Å². The minimum absolute atomic E-state index is 0.269. The van der Waals surface area contributed by atoms with Gasteiger partial charge in [-0.1, -0.05) is 33.1 Å². The van der Waals surface area contributed by atoms with Crippen LogP contribution >= 0.6 is 0 Å². The largest absolute Gasteiger partial charge is 0.302 e. The van der Waals surface area contributed by atoms with Crippen molar-refractivity contribution < 1.29 is 0 Å². The van der Waals surface area contributed by atoms with Crippen molar-refractivity contribution in [1.82, 2.24) is 10.3 Å². The molecule has 2 aliphatic rings. The standard InChI is InChI=1S/C18H37N3/c1-5-15-6-8-16(9-7-15)17(20-19)18(21(3)4)12-10-14(2)11-13-18/h14-17,20H,5-13,19H2,1-4H3. The fourth-order valence-electron chi connectivity index (χ4n) is 4.96. The Balaban J connectivity index is 2.10. The van der Waals surface area contributed by atoms with Gasteiger partial charge in [0, 0.05) is 11.6 Å². The molecule has 3 N–H and O–H groups in total. The average Bonchev–Trinajstić information content (AvgIpc) is 2.50. The van der Waals surface area contributed by atoms with Crippen LogP contribution in [0.5, 0.6) is 0 Å². The van der Waals surface area contributed by atoms with Crippen LogP contribution < -0.4 is 11.3 Å². The zero-order chi connectivity index (χ0) is 15.5. The van der Waals surface area contributed by atoms with Crippen molar-refractivity contribution in [2.75, 3.05) is 14.1 Å². The molecule has 0 aliphatic heterocycles. The lowest BCUT2D eigenvalue weighted by Crippen LogP contribution is -2.64. The molecule has 0 aromatic carbocycles. The minimum atomic E-state index is 0.269. The fraction of sp³-hybridized carbons (Fsp3) is 1.00. The first-order chi connectivity index (χ1) is 10.0. The van der Waals surface area contributed by atoms with Crippen molar-refractivity contribution in [1.29, 1.82) is 0 Å². The van der Waals surface area contributed by atoms with Crippen LogP contribution in [0.15, 0.2) is 0 Å². The first-order valence-electron chi connectivity index (χ1n) is 9.17. The van der Waals surface area contributed by atoms with E-state index in [0.29, 0.717) is 6.04 Å². The van der Waals surface area contributed by atoms with E-state index in [9.17, 15) is 0 Å². The topological polar surface area (TPSA) is 41.3 Å². The molecule has 21 heavy (non-hydrogen) atoms. The van der Waals surface area contributed by atoms with Crippen molar-refractivity contribution in [3.05, 3.63) is 0 Å². The van der Waals surface area contributed by atoms with Gasteiger partial charge in [-0.3, -0.25) is 11.3 Å². The third-order valence-corrected chi connectivity index (χ3v) is 6.73. The average molecular weight is 296 g/mol.